The summed E-state index contributed by atoms with van der Waals surface area (Å²) in [5.74, 6) is -0.220. The highest BCUT2D eigenvalue weighted by molar-refractivity contribution is 5.87. The van der Waals surface area contributed by atoms with Crippen LogP contribution in [-0.2, 0) is 4.79 Å². The van der Waals surface area contributed by atoms with Crippen molar-refractivity contribution in [3.8, 4) is 0 Å². The molecule has 3 heteroatoms. The Hall–Kier alpha value is -0.990. The maximum atomic E-state index is 10.9. The number of hydrogen-bond donors (Lipinski definition) is 2. The predicted octanol–water partition coefficient (Wildman–Crippen LogP) is 1.51. The lowest BCUT2D eigenvalue weighted by Crippen LogP contribution is -2.32. The lowest BCUT2D eigenvalue weighted by atomic mass is 9.82. The van der Waals surface area contributed by atoms with Gasteiger partial charge in [-0.1, -0.05) is 0 Å². The summed E-state index contributed by atoms with van der Waals surface area (Å²) in [6.45, 7) is 0.947. The normalized spacial score (nSPS) is 27.8. The van der Waals surface area contributed by atoms with Crippen LogP contribution in [-0.4, -0.2) is 17.6 Å². The van der Waals surface area contributed by atoms with E-state index in [0.29, 0.717) is 11.5 Å². The van der Waals surface area contributed by atoms with Gasteiger partial charge in [-0.05, 0) is 38.0 Å². The molecule has 0 aromatic heterocycles. The Morgan fingerprint density at radius 3 is 2.92 bits per heavy atom. The molecular weight excluding hydrogens is 166 g/mol. The first-order valence-corrected chi connectivity index (χ1v) is 4.99. The molecule has 0 aromatic rings. The van der Waals surface area contributed by atoms with E-state index >= 15 is 0 Å². The van der Waals surface area contributed by atoms with E-state index in [1.165, 1.54) is 19.3 Å². The van der Waals surface area contributed by atoms with E-state index in [9.17, 15) is 4.79 Å². The van der Waals surface area contributed by atoms with Crippen LogP contribution in [0.1, 0.15) is 32.1 Å². The van der Waals surface area contributed by atoms with Gasteiger partial charge in [0.2, 0.25) is 0 Å². The molecule has 2 N–H and O–H groups in total. The summed E-state index contributed by atoms with van der Waals surface area (Å²) in [5.41, 5.74) is 1.67. The molecule has 1 saturated heterocycles. The van der Waals surface area contributed by atoms with Crippen molar-refractivity contribution in [1.82, 2.24) is 5.32 Å². The Bertz CT molecular complexity index is 258. The number of nitrogens with one attached hydrogen (secondary N) is 1. The highest BCUT2D eigenvalue weighted by Gasteiger charge is 2.28. The first-order chi connectivity index (χ1) is 6.29. The number of allylic oxidation sites excluding steroid dienone is 1. The van der Waals surface area contributed by atoms with Crippen molar-refractivity contribution in [1.29, 1.82) is 0 Å². The molecule has 0 bridgehead atoms. The molecule has 2 aliphatic rings. The van der Waals surface area contributed by atoms with E-state index in [-0.39, 0.29) is 0 Å². The number of rotatable bonds is 1. The lowest BCUT2D eigenvalue weighted by Gasteiger charge is -2.32. The molecule has 1 fully saturated rings. The number of carboxylic acid groups (broad SMARTS) is 1. The van der Waals surface area contributed by atoms with Gasteiger partial charge in [-0.2, -0.15) is 0 Å². The van der Waals surface area contributed by atoms with Crippen molar-refractivity contribution in [2.45, 2.75) is 32.1 Å². The minimum atomic E-state index is -0.728. The highest BCUT2D eigenvalue weighted by Crippen LogP contribution is 2.33. The standard InChI is InChI=1S/C10H15NO2/c12-10(13)8-5-1-3-7-4-2-6-11-9(7)8/h7,11H,1-6H2,(H,12,13). The summed E-state index contributed by atoms with van der Waals surface area (Å²) in [6, 6.07) is 0. The molecule has 3 nitrogen and oxygen atoms in total. The van der Waals surface area contributed by atoms with Crippen molar-refractivity contribution in [3.63, 3.8) is 0 Å². The van der Waals surface area contributed by atoms with Gasteiger partial charge in [0.05, 0.1) is 5.57 Å². The van der Waals surface area contributed by atoms with Crippen LogP contribution in [0.4, 0.5) is 0 Å². The summed E-state index contributed by atoms with van der Waals surface area (Å²) < 4.78 is 0. The SMILES string of the molecule is O=C(O)C1=C2NCCCC2CCC1. The van der Waals surface area contributed by atoms with Crippen LogP contribution in [0, 0.1) is 5.92 Å². The van der Waals surface area contributed by atoms with Crippen LogP contribution < -0.4 is 5.32 Å². The quantitative estimate of drug-likeness (QED) is 0.644. The number of hydrogen-bond acceptors (Lipinski definition) is 2. The summed E-state index contributed by atoms with van der Waals surface area (Å²) >= 11 is 0. The smallest absolute Gasteiger partial charge is 0.333 e. The van der Waals surface area contributed by atoms with Crippen molar-refractivity contribution >= 4 is 5.97 Å². The summed E-state index contributed by atoms with van der Waals surface area (Å²) in [5, 5.41) is 12.2. The van der Waals surface area contributed by atoms with E-state index in [0.717, 1.165) is 25.1 Å². The zero-order chi connectivity index (χ0) is 9.26. The minimum absolute atomic E-state index is 0.508. The van der Waals surface area contributed by atoms with Crippen LogP contribution in [0.5, 0.6) is 0 Å². The van der Waals surface area contributed by atoms with Crippen LogP contribution in [0.3, 0.4) is 0 Å². The maximum absolute atomic E-state index is 10.9. The number of carboxylic acids is 1. The topological polar surface area (TPSA) is 49.3 Å². The third-order valence-electron chi connectivity index (χ3n) is 3.02. The highest BCUT2D eigenvalue weighted by atomic mass is 16.4. The number of aliphatic carboxylic acids is 1. The molecule has 1 atom stereocenters. The first-order valence-electron chi connectivity index (χ1n) is 4.99. The molecule has 0 spiro atoms. The molecule has 0 radical (unpaired) electrons. The van der Waals surface area contributed by atoms with Crippen LogP contribution in [0.25, 0.3) is 0 Å². The van der Waals surface area contributed by atoms with Crippen LogP contribution in [0.2, 0.25) is 0 Å². The Morgan fingerprint density at radius 2 is 2.15 bits per heavy atom. The van der Waals surface area contributed by atoms with E-state index in [2.05, 4.69) is 5.32 Å². The van der Waals surface area contributed by atoms with Crippen LogP contribution in [0.15, 0.2) is 11.3 Å². The van der Waals surface area contributed by atoms with E-state index in [1.54, 1.807) is 0 Å². The fourth-order valence-corrected chi connectivity index (χ4v) is 2.38. The Morgan fingerprint density at radius 1 is 1.38 bits per heavy atom. The zero-order valence-electron chi connectivity index (χ0n) is 7.68. The Kier molecular flexibility index (Phi) is 2.25. The van der Waals surface area contributed by atoms with Crippen molar-refractivity contribution in [2.24, 2.45) is 5.92 Å². The molecule has 0 amide bonds. The maximum Gasteiger partial charge on any atom is 0.333 e. The molecule has 0 aromatic carbocycles. The van der Waals surface area contributed by atoms with Gasteiger partial charge in [0.25, 0.3) is 0 Å². The third kappa shape index (κ3) is 1.55. The molecule has 2 rings (SSSR count). The summed E-state index contributed by atoms with van der Waals surface area (Å²) in [7, 11) is 0. The molecule has 1 heterocycles. The molecule has 1 aliphatic heterocycles. The second-order valence-corrected chi connectivity index (χ2v) is 3.86. The van der Waals surface area contributed by atoms with E-state index in [4.69, 9.17) is 5.11 Å². The van der Waals surface area contributed by atoms with Gasteiger partial charge in [0, 0.05) is 12.2 Å². The van der Waals surface area contributed by atoms with Crippen LogP contribution >= 0.6 is 0 Å². The van der Waals surface area contributed by atoms with E-state index < -0.39 is 5.97 Å². The van der Waals surface area contributed by atoms with Gasteiger partial charge in [-0.15, -0.1) is 0 Å². The van der Waals surface area contributed by atoms with Crippen molar-refractivity contribution < 1.29 is 9.90 Å². The van der Waals surface area contributed by atoms with Gasteiger partial charge < -0.3 is 10.4 Å². The van der Waals surface area contributed by atoms with Crippen molar-refractivity contribution in [2.75, 3.05) is 6.54 Å². The second kappa shape index (κ2) is 3.40. The van der Waals surface area contributed by atoms with Gasteiger partial charge in [-0.25, -0.2) is 4.79 Å². The lowest BCUT2D eigenvalue weighted by molar-refractivity contribution is -0.133. The summed E-state index contributed by atoms with van der Waals surface area (Å²) in [4.78, 5) is 10.9. The van der Waals surface area contributed by atoms with Crippen molar-refractivity contribution in [3.05, 3.63) is 11.3 Å². The molecular formula is C10H15NO2. The summed E-state index contributed by atoms with van der Waals surface area (Å²) in [6.07, 6.45) is 5.30. The fraction of sp³-hybridized carbons (Fsp3) is 0.700. The first kappa shape index (κ1) is 8.60. The fourth-order valence-electron chi connectivity index (χ4n) is 2.38. The van der Waals surface area contributed by atoms with Gasteiger partial charge in [0.15, 0.2) is 0 Å². The number of piperidine rings is 1. The largest absolute Gasteiger partial charge is 0.478 e. The monoisotopic (exact) mass is 181 g/mol. The molecule has 72 valence electrons. The second-order valence-electron chi connectivity index (χ2n) is 3.86. The minimum Gasteiger partial charge on any atom is -0.478 e. The van der Waals surface area contributed by atoms with Gasteiger partial charge in [0.1, 0.15) is 0 Å². The predicted molar refractivity (Wildman–Crippen MR) is 49.2 cm³/mol. The molecule has 1 aliphatic carbocycles. The van der Waals surface area contributed by atoms with Gasteiger partial charge >= 0.3 is 5.97 Å². The van der Waals surface area contributed by atoms with Gasteiger partial charge in [-0.3, -0.25) is 0 Å². The molecule has 0 saturated carbocycles. The third-order valence-corrected chi connectivity index (χ3v) is 3.02. The number of fused-ring (bicyclic) bond motifs is 1. The Labute approximate surface area is 77.8 Å². The number of carbonyl (C=O) groups is 1. The zero-order valence-corrected chi connectivity index (χ0v) is 7.68. The molecule has 1 unspecified atom stereocenters. The average molecular weight is 181 g/mol. The average Bonchev–Trinajstić information content (AvgIpc) is 2.17. The van der Waals surface area contributed by atoms with E-state index in [1.807, 2.05) is 0 Å². The molecule has 13 heavy (non-hydrogen) atoms. The Balaban J connectivity index is 2.28.